The zero-order chi connectivity index (χ0) is 14.6. The van der Waals surface area contributed by atoms with E-state index in [4.69, 9.17) is 16.7 Å². The van der Waals surface area contributed by atoms with Crippen molar-refractivity contribution >= 4 is 27.6 Å². The van der Waals surface area contributed by atoms with Crippen LogP contribution < -0.4 is 4.72 Å². The first-order valence-electron chi connectivity index (χ1n) is 5.65. The van der Waals surface area contributed by atoms with Crippen molar-refractivity contribution in [3.63, 3.8) is 0 Å². The number of carboxylic acids is 1. The third kappa shape index (κ3) is 4.48. The van der Waals surface area contributed by atoms with Crippen LogP contribution in [-0.4, -0.2) is 35.3 Å². The smallest absolute Gasteiger partial charge is 0.303 e. The second-order valence-corrected chi connectivity index (χ2v) is 6.27. The Kier molecular flexibility index (Phi) is 5.33. The highest BCUT2D eigenvalue weighted by Crippen LogP contribution is 2.20. The number of nitrogens with one attached hydrogen (secondary N) is 1. The lowest BCUT2D eigenvalue weighted by atomic mass is 10.1. The van der Waals surface area contributed by atoms with E-state index in [1.54, 1.807) is 6.92 Å². The first kappa shape index (κ1) is 15.9. The van der Waals surface area contributed by atoms with Gasteiger partial charge in [-0.05, 0) is 19.8 Å². The fraction of sp³-hybridized carbons (Fsp3) is 0.600. The average Bonchev–Trinajstić information content (AvgIpc) is 2.57. The summed E-state index contributed by atoms with van der Waals surface area (Å²) in [7, 11) is -2.28. The monoisotopic (exact) mass is 309 g/mol. The maximum atomic E-state index is 12.1. The van der Waals surface area contributed by atoms with Gasteiger partial charge in [0.15, 0.2) is 5.03 Å². The number of carboxylic acid groups (broad SMARTS) is 1. The number of aliphatic carboxylic acids is 1. The van der Waals surface area contributed by atoms with E-state index in [2.05, 4.69) is 9.82 Å². The molecule has 0 radical (unpaired) electrons. The van der Waals surface area contributed by atoms with Crippen molar-refractivity contribution in [2.75, 3.05) is 0 Å². The molecule has 0 saturated carbocycles. The summed E-state index contributed by atoms with van der Waals surface area (Å²) < 4.78 is 27.8. The van der Waals surface area contributed by atoms with Gasteiger partial charge in [-0.2, -0.15) is 5.10 Å². The van der Waals surface area contributed by atoms with Crippen LogP contribution in [0.5, 0.6) is 0 Å². The van der Waals surface area contributed by atoms with Gasteiger partial charge in [0.25, 0.3) is 10.0 Å². The molecular formula is C10H16ClN3O4S. The minimum Gasteiger partial charge on any atom is -0.481 e. The number of aromatic nitrogens is 2. The molecule has 0 amide bonds. The van der Waals surface area contributed by atoms with Crippen molar-refractivity contribution < 1.29 is 18.3 Å². The minimum atomic E-state index is -3.76. The van der Waals surface area contributed by atoms with Crippen LogP contribution in [0.4, 0.5) is 0 Å². The number of sulfonamides is 1. The van der Waals surface area contributed by atoms with Crippen molar-refractivity contribution in [2.24, 2.45) is 7.05 Å². The van der Waals surface area contributed by atoms with E-state index < -0.39 is 16.0 Å². The Hall–Kier alpha value is -1.12. The first-order valence-corrected chi connectivity index (χ1v) is 7.51. The number of aryl methyl sites for hydroxylation is 1. The summed E-state index contributed by atoms with van der Waals surface area (Å²) in [5, 5.41) is 12.2. The second-order valence-electron chi connectivity index (χ2n) is 4.23. The van der Waals surface area contributed by atoms with Crippen molar-refractivity contribution in [1.29, 1.82) is 0 Å². The highest BCUT2D eigenvalue weighted by molar-refractivity contribution is 7.89. The molecule has 1 atom stereocenters. The molecule has 0 bridgehead atoms. The molecule has 108 valence electrons. The molecule has 7 nitrogen and oxygen atoms in total. The van der Waals surface area contributed by atoms with E-state index in [-0.39, 0.29) is 22.5 Å². The van der Waals surface area contributed by atoms with Gasteiger partial charge in [0, 0.05) is 19.5 Å². The fourth-order valence-corrected chi connectivity index (χ4v) is 3.58. The topological polar surface area (TPSA) is 101 Å². The quantitative estimate of drug-likeness (QED) is 0.782. The summed E-state index contributed by atoms with van der Waals surface area (Å²) >= 11 is 5.78. The zero-order valence-corrected chi connectivity index (χ0v) is 12.2. The van der Waals surface area contributed by atoms with Gasteiger partial charge in [-0.15, -0.1) is 0 Å². The van der Waals surface area contributed by atoms with E-state index >= 15 is 0 Å². The van der Waals surface area contributed by atoms with Gasteiger partial charge in [0.2, 0.25) is 0 Å². The largest absolute Gasteiger partial charge is 0.481 e. The predicted octanol–water partition coefficient (Wildman–Crippen LogP) is 0.995. The molecule has 19 heavy (non-hydrogen) atoms. The van der Waals surface area contributed by atoms with Crippen molar-refractivity contribution in [2.45, 2.75) is 37.3 Å². The Morgan fingerprint density at radius 1 is 1.63 bits per heavy atom. The molecule has 0 aliphatic rings. The molecule has 0 aromatic carbocycles. The fourth-order valence-electron chi connectivity index (χ4n) is 1.64. The van der Waals surface area contributed by atoms with E-state index in [0.717, 1.165) is 0 Å². The summed E-state index contributed by atoms with van der Waals surface area (Å²) in [5.41, 5.74) is 0. The molecule has 1 rings (SSSR count). The Morgan fingerprint density at radius 3 is 2.74 bits per heavy atom. The first-order chi connectivity index (χ1) is 8.74. The summed E-state index contributed by atoms with van der Waals surface area (Å²) in [6.07, 6.45) is 2.10. The maximum Gasteiger partial charge on any atom is 0.303 e. The molecule has 0 aliphatic carbocycles. The predicted molar refractivity (Wildman–Crippen MR) is 69.5 cm³/mol. The molecule has 9 heteroatoms. The van der Waals surface area contributed by atoms with Crippen LogP contribution in [0, 0.1) is 0 Å². The van der Waals surface area contributed by atoms with Gasteiger partial charge in [-0.3, -0.25) is 9.48 Å². The van der Waals surface area contributed by atoms with E-state index in [1.807, 2.05) is 0 Å². The lowest BCUT2D eigenvalue weighted by Gasteiger charge is -2.13. The number of carbonyl (C=O) groups is 1. The van der Waals surface area contributed by atoms with Crippen molar-refractivity contribution in [3.05, 3.63) is 11.2 Å². The van der Waals surface area contributed by atoms with Crippen LogP contribution >= 0.6 is 11.6 Å². The Morgan fingerprint density at radius 2 is 2.26 bits per heavy atom. The van der Waals surface area contributed by atoms with E-state index in [0.29, 0.717) is 12.8 Å². The molecule has 0 fully saturated rings. The number of rotatable bonds is 7. The third-order valence-corrected chi connectivity index (χ3v) is 4.58. The Bertz CT molecular complexity index is 536. The average molecular weight is 310 g/mol. The molecule has 0 aliphatic heterocycles. The van der Waals surface area contributed by atoms with Gasteiger partial charge in [-0.1, -0.05) is 11.6 Å². The van der Waals surface area contributed by atoms with E-state index in [9.17, 15) is 13.2 Å². The molecule has 1 aromatic rings. The molecule has 1 unspecified atom stereocenters. The van der Waals surface area contributed by atoms with Crippen LogP contribution in [0.1, 0.15) is 26.2 Å². The van der Waals surface area contributed by atoms with Gasteiger partial charge >= 0.3 is 5.97 Å². The van der Waals surface area contributed by atoms with Crippen molar-refractivity contribution in [1.82, 2.24) is 14.5 Å². The highest BCUT2D eigenvalue weighted by Gasteiger charge is 2.24. The summed E-state index contributed by atoms with van der Waals surface area (Å²) in [4.78, 5) is 10.4. The SMILES string of the molecule is CC(CCCC(=O)O)NS(=O)(=O)c1c(Cl)cnn1C. The number of hydrogen-bond donors (Lipinski definition) is 2. The third-order valence-electron chi connectivity index (χ3n) is 2.48. The highest BCUT2D eigenvalue weighted by atomic mass is 35.5. The minimum absolute atomic E-state index is 0.0124. The molecule has 0 spiro atoms. The number of nitrogens with zero attached hydrogens (tertiary/aromatic N) is 2. The summed E-state index contributed by atoms with van der Waals surface area (Å²) in [5.74, 6) is -0.898. The summed E-state index contributed by atoms with van der Waals surface area (Å²) in [6.45, 7) is 1.67. The van der Waals surface area contributed by atoms with E-state index in [1.165, 1.54) is 17.9 Å². The Labute approximate surface area is 116 Å². The molecular weight excluding hydrogens is 294 g/mol. The van der Waals surface area contributed by atoms with Crippen LogP contribution in [0.2, 0.25) is 5.02 Å². The van der Waals surface area contributed by atoms with Crippen LogP contribution in [0.3, 0.4) is 0 Å². The molecule has 2 N–H and O–H groups in total. The van der Waals surface area contributed by atoms with Gasteiger partial charge in [0.05, 0.1) is 11.2 Å². The second kappa shape index (κ2) is 6.36. The lowest BCUT2D eigenvalue weighted by Crippen LogP contribution is -2.34. The maximum absolute atomic E-state index is 12.1. The van der Waals surface area contributed by atoms with Crippen LogP contribution in [0.15, 0.2) is 11.2 Å². The molecule has 1 heterocycles. The zero-order valence-electron chi connectivity index (χ0n) is 10.6. The molecule has 0 saturated heterocycles. The lowest BCUT2D eigenvalue weighted by molar-refractivity contribution is -0.137. The van der Waals surface area contributed by atoms with Crippen LogP contribution in [0.25, 0.3) is 0 Å². The van der Waals surface area contributed by atoms with Gasteiger partial charge < -0.3 is 5.11 Å². The molecule has 1 aromatic heterocycles. The van der Waals surface area contributed by atoms with Crippen molar-refractivity contribution in [3.8, 4) is 0 Å². The standard InChI is InChI=1S/C10H16ClN3O4S/c1-7(4-3-5-9(15)16)13-19(17,18)10-8(11)6-12-14(10)2/h6-7,13H,3-5H2,1-2H3,(H,15,16). The number of hydrogen-bond acceptors (Lipinski definition) is 4. The normalized spacial score (nSPS) is 13.4. The van der Waals surface area contributed by atoms with Gasteiger partial charge in [0.1, 0.15) is 0 Å². The summed E-state index contributed by atoms with van der Waals surface area (Å²) in [6, 6.07) is -0.379. The Balaban J connectivity index is 2.67. The number of halogens is 1. The van der Waals surface area contributed by atoms with Crippen LogP contribution in [-0.2, 0) is 21.9 Å². The van der Waals surface area contributed by atoms with Gasteiger partial charge in [-0.25, -0.2) is 13.1 Å².